The Morgan fingerprint density at radius 3 is 2.93 bits per heavy atom. The van der Waals surface area contributed by atoms with Crippen LogP contribution in [0, 0.1) is 0 Å². The average Bonchev–Trinajstić information content (AvgIpc) is 3.04. The van der Waals surface area contributed by atoms with Crippen molar-refractivity contribution in [2.45, 2.75) is 39.0 Å². The van der Waals surface area contributed by atoms with Crippen molar-refractivity contribution in [2.75, 3.05) is 13.7 Å². The second-order valence-corrected chi connectivity index (χ2v) is 6.59. The largest absolute Gasteiger partial charge is 0.481 e. The Morgan fingerprint density at radius 1 is 1.43 bits per heavy atom. The quantitative estimate of drug-likeness (QED) is 0.705. The van der Waals surface area contributed by atoms with Crippen LogP contribution in [0.15, 0.2) is 30.5 Å². The topological polar surface area (TPSA) is 105 Å². The number of ether oxygens (including phenoxy) is 1. The third-order valence-corrected chi connectivity index (χ3v) is 4.70. The maximum Gasteiger partial charge on any atom is 0.256 e. The molecule has 2 aromatic heterocycles. The van der Waals surface area contributed by atoms with Gasteiger partial charge in [0.15, 0.2) is 0 Å². The van der Waals surface area contributed by atoms with E-state index in [9.17, 15) is 14.7 Å². The number of amides is 2. The van der Waals surface area contributed by atoms with E-state index in [0.29, 0.717) is 48.6 Å². The zero-order valence-electron chi connectivity index (χ0n) is 16.0. The molecule has 0 aromatic carbocycles. The molecule has 0 spiro atoms. The van der Waals surface area contributed by atoms with Crippen LogP contribution in [0.4, 0.5) is 0 Å². The second kappa shape index (κ2) is 8.79. The van der Waals surface area contributed by atoms with E-state index in [2.05, 4.69) is 15.3 Å². The van der Waals surface area contributed by atoms with Gasteiger partial charge in [0.05, 0.1) is 24.9 Å². The Morgan fingerprint density at radius 2 is 2.25 bits per heavy atom. The summed E-state index contributed by atoms with van der Waals surface area (Å²) in [5.74, 6) is -0.194. The number of aromatic nitrogens is 2. The molecule has 1 aliphatic heterocycles. The van der Waals surface area contributed by atoms with Crippen LogP contribution in [0.1, 0.15) is 40.7 Å². The van der Waals surface area contributed by atoms with Gasteiger partial charge in [0.2, 0.25) is 11.8 Å². The molecular formula is C20H24N4O4. The molecule has 0 radical (unpaired) electrons. The number of fused-ring (bicyclic) bond motifs is 1. The van der Waals surface area contributed by atoms with Gasteiger partial charge < -0.3 is 20.1 Å². The Labute approximate surface area is 163 Å². The van der Waals surface area contributed by atoms with Gasteiger partial charge in [0.1, 0.15) is 6.10 Å². The number of nitrogens with one attached hydrogen (secondary N) is 1. The van der Waals surface area contributed by atoms with Crippen LogP contribution in [0.2, 0.25) is 0 Å². The fourth-order valence-electron chi connectivity index (χ4n) is 3.07. The average molecular weight is 384 g/mol. The minimum Gasteiger partial charge on any atom is -0.481 e. The SMILES string of the molecule is CCC(O)C(=O)NCc1cc2c(nc1OC)CN(CCc1ccccn1)C2=O. The lowest BCUT2D eigenvalue weighted by atomic mass is 10.1. The van der Waals surface area contributed by atoms with Gasteiger partial charge in [0, 0.05) is 37.0 Å². The Hall–Kier alpha value is -3.00. The molecule has 2 N–H and O–H groups in total. The first-order chi connectivity index (χ1) is 13.5. The number of hydrogen-bond donors (Lipinski definition) is 2. The van der Waals surface area contributed by atoms with Crippen molar-refractivity contribution in [2.24, 2.45) is 0 Å². The lowest BCUT2D eigenvalue weighted by molar-refractivity contribution is -0.129. The normalized spacial score (nSPS) is 14.0. The number of rotatable bonds is 8. The van der Waals surface area contributed by atoms with E-state index < -0.39 is 12.0 Å². The molecule has 148 valence electrons. The number of nitrogens with zero attached hydrogens (tertiary/aromatic N) is 3. The lowest BCUT2D eigenvalue weighted by Crippen LogP contribution is -2.33. The first-order valence-corrected chi connectivity index (χ1v) is 9.25. The maximum absolute atomic E-state index is 12.8. The summed E-state index contributed by atoms with van der Waals surface area (Å²) in [5.41, 5.74) is 2.70. The molecule has 0 saturated carbocycles. The fourth-order valence-corrected chi connectivity index (χ4v) is 3.07. The van der Waals surface area contributed by atoms with Gasteiger partial charge in [-0.3, -0.25) is 14.6 Å². The molecule has 28 heavy (non-hydrogen) atoms. The van der Waals surface area contributed by atoms with Crippen molar-refractivity contribution in [1.82, 2.24) is 20.2 Å². The van der Waals surface area contributed by atoms with E-state index >= 15 is 0 Å². The molecule has 0 bridgehead atoms. The third kappa shape index (κ3) is 4.28. The maximum atomic E-state index is 12.8. The summed E-state index contributed by atoms with van der Waals surface area (Å²) >= 11 is 0. The van der Waals surface area contributed by atoms with E-state index in [-0.39, 0.29) is 12.5 Å². The molecule has 2 aromatic rings. The van der Waals surface area contributed by atoms with E-state index in [1.54, 1.807) is 24.1 Å². The minimum atomic E-state index is -1.06. The van der Waals surface area contributed by atoms with Gasteiger partial charge in [-0.25, -0.2) is 4.98 Å². The highest BCUT2D eigenvalue weighted by molar-refractivity contribution is 5.98. The van der Waals surface area contributed by atoms with Crippen LogP contribution in [0.5, 0.6) is 5.88 Å². The smallest absolute Gasteiger partial charge is 0.256 e. The first-order valence-electron chi connectivity index (χ1n) is 9.25. The number of aliphatic hydroxyl groups excluding tert-OH is 1. The molecule has 1 unspecified atom stereocenters. The van der Waals surface area contributed by atoms with Crippen molar-refractivity contribution in [3.8, 4) is 5.88 Å². The van der Waals surface area contributed by atoms with Crippen molar-refractivity contribution in [1.29, 1.82) is 0 Å². The Kier molecular flexibility index (Phi) is 6.20. The van der Waals surface area contributed by atoms with Gasteiger partial charge in [-0.2, -0.15) is 0 Å². The summed E-state index contributed by atoms with van der Waals surface area (Å²) in [5, 5.41) is 12.2. The van der Waals surface area contributed by atoms with Crippen LogP contribution >= 0.6 is 0 Å². The number of carbonyl (C=O) groups excluding carboxylic acids is 2. The van der Waals surface area contributed by atoms with Crippen LogP contribution in [0.25, 0.3) is 0 Å². The zero-order chi connectivity index (χ0) is 20.1. The minimum absolute atomic E-state index is 0.0951. The van der Waals surface area contributed by atoms with E-state index in [1.165, 1.54) is 7.11 Å². The summed E-state index contributed by atoms with van der Waals surface area (Å²) in [4.78, 5) is 35.0. The number of pyridine rings is 2. The van der Waals surface area contributed by atoms with Gasteiger partial charge in [-0.05, 0) is 24.6 Å². The summed E-state index contributed by atoms with van der Waals surface area (Å²) in [6.45, 7) is 2.81. The molecule has 1 atom stereocenters. The number of carbonyl (C=O) groups is 2. The van der Waals surface area contributed by atoms with Gasteiger partial charge in [-0.1, -0.05) is 13.0 Å². The summed E-state index contributed by atoms with van der Waals surface area (Å²) in [7, 11) is 1.50. The number of aliphatic hydroxyl groups is 1. The lowest BCUT2D eigenvalue weighted by Gasteiger charge is -2.14. The standard InChI is InChI=1S/C20H24N4O4/c1-3-17(25)18(26)22-11-13-10-15-16(23-19(13)28-2)12-24(20(15)27)9-7-14-6-4-5-8-21-14/h4-6,8,10,17,25H,3,7,9,11-12H2,1-2H3,(H,22,26). The molecular weight excluding hydrogens is 360 g/mol. The molecule has 3 rings (SSSR count). The van der Waals surface area contributed by atoms with Crippen LogP contribution in [-0.2, 0) is 24.3 Å². The predicted octanol–water partition coefficient (Wildman–Crippen LogP) is 1.07. The van der Waals surface area contributed by atoms with Gasteiger partial charge >= 0.3 is 0 Å². The monoisotopic (exact) mass is 384 g/mol. The molecule has 0 saturated heterocycles. The van der Waals surface area contributed by atoms with Crippen molar-refractivity contribution < 1.29 is 19.4 Å². The highest BCUT2D eigenvalue weighted by atomic mass is 16.5. The molecule has 0 aliphatic carbocycles. The zero-order valence-corrected chi connectivity index (χ0v) is 16.0. The van der Waals surface area contributed by atoms with Gasteiger partial charge in [-0.15, -0.1) is 0 Å². The summed E-state index contributed by atoms with van der Waals surface area (Å²) < 4.78 is 5.32. The Balaban J connectivity index is 1.71. The van der Waals surface area contributed by atoms with Crippen LogP contribution < -0.4 is 10.1 Å². The third-order valence-electron chi connectivity index (χ3n) is 4.70. The summed E-state index contributed by atoms with van der Waals surface area (Å²) in [6.07, 6.45) is 1.67. The van der Waals surface area contributed by atoms with Crippen LogP contribution in [-0.4, -0.2) is 51.5 Å². The van der Waals surface area contributed by atoms with Crippen LogP contribution in [0.3, 0.4) is 0 Å². The number of hydrogen-bond acceptors (Lipinski definition) is 6. The molecule has 8 heteroatoms. The highest BCUT2D eigenvalue weighted by Crippen LogP contribution is 2.27. The van der Waals surface area contributed by atoms with Gasteiger partial charge in [0.25, 0.3) is 5.91 Å². The van der Waals surface area contributed by atoms with E-state index in [4.69, 9.17) is 4.74 Å². The van der Waals surface area contributed by atoms with Crippen molar-refractivity contribution >= 4 is 11.8 Å². The molecule has 8 nitrogen and oxygen atoms in total. The molecule has 0 fully saturated rings. The molecule has 2 amide bonds. The van der Waals surface area contributed by atoms with E-state index in [1.807, 2.05) is 18.2 Å². The number of methoxy groups -OCH3 is 1. The van der Waals surface area contributed by atoms with Crippen molar-refractivity contribution in [3.05, 3.63) is 53.0 Å². The van der Waals surface area contributed by atoms with E-state index in [0.717, 1.165) is 5.69 Å². The second-order valence-electron chi connectivity index (χ2n) is 6.59. The Bertz CT molecular complexity index is 857. The first kappa shape index (κ1) is 19.8. The summed E-state index contributed by atoms with van der Waals surface area (Å²) in [6, 6.07) is 7.42. The molecule has 1 aliphatic rings. The van der Waals surface area contributed by atoms with Crippen molar-refractivity contribution in [3.63, 3.8) is 0 Å². The highest BCUT2D eigenvalue weighted by Gasteiger charge is 2.30. The fraction of sp³-hybridized carbons (Fsp3) is 0.400. The predicted molar refractivity (Wildman–Crippen MR) is 102 cm³/mol. The molecule has 3 heterocycles.